The van der Waals surface area contributed by atoms with Gasteiger partial charge in [-0.3, -0.25) is 10.1 Å². The number of ether oxygens (including phenoxy) is 1. The van der Waals surface area contributed by atoms with Gasteiger partial charge in [-0.2, -0.15) is 0 Å². The Balaban J connectivity index is 4.01. The Hall–Kier alpha value is -1.17. The van der Waals surface area contributed by atoms with Gasteiger partial charge in [-0.25, -0.2) is 4.79 Å². The van der Waals surface area contributed by atoms with Crippen LogP contribution in [0.25, 0.3) is 0 Å². The molecule has 6 heteroatoms. The predicted molar refractivity (Wildman–Crippen MR) is 48.4 cm³/mol. The number of rotatable bonds is 6. The molecule has 0 spiro atoms. The molecule has 6 nitrogen and oxygen atoms in total. The third-order valence-corrected chi connectivity index (χ3v) is 1.61. The summed E-state index contributed by atoms with van der Waals surface area (Å²) in [6, 6.07) is 0. The number of nitrogens with zero attached hydrogens (tertiary/aromatic N) is 1. The molecule has 0 saturated carbocycles. The molecule has 14 heavy (non-hydrogen) atoms. The fourth-order valence-electron chi connectivity index (χ4n) is 0.781. The molecule has 0 aromatic carbocycles. The summed E-state index contributed by atoms with van der Waals surface area (Å²) >= 11 is 0. The second kappa shape index (κ2) is 5.54. The maximum atomic E-state index is 11.1. The molecule has 0 aromatic rings. The molecule has 0 aromatic heterocycles. The average Bonchev–Trinajstić information content (AvgIpc) is 2.02. The van der Waals surface area contributed by atoms with E-state index in [2.05, 4.69) is 4.74 Å². The first-order chi connectivity index (χ1) is 6.40. The molecule has 1 N–H and O–H groups in total. The molecule has 0 aliphatic heterocycles. The summed E-state index contributed by atoms with van der Waals surface area (Å²) in [5.74, 6) is -0.942. The quantitative estimate of drug-likeness (QED) is 0.292. The minimum absolute atomic E-state index is 0.184. The van der Waals surface area contributed by atoms with Gasteiger partial charge < -0.3 is 9.84 Å². The molecule has 0 radical (unpaired) electrons. The number of hydrogen-bond donors (Lipinski definition) is 1. The second-order valence-electron chi connectivity index (χ2n) is 3.25. The molecule has 0 amide bonds. The van der Waals surface area contributed by atoms with E-state index in [4.69, 9.17) is 0 Å². The van der Waals surface area contributed by atoms with Crippen LogP contribution in [0.2, 0.25) is 0 Å². The number of unbranched alkanes of at least 4 members (excludes halogenated alkanes) is 1. The number of esters is 1. The molecule has 0 fully saturated rings. The highest BCUT2D eigenvalue weighted by atomic mass is 16.6. The predicted octanol–water partition coefficient (Wildman–Crippen LogP) is 0.357. The fraction of sp³-hybridized carbons (Fsp3) is 0.875. The van der Waals surface area contributed by atoms with Gasteiger partial charge in [-0.1, -0.05) is 13.3 Å². The van der Waals surface area contributed by atoms with Gasteiger partial charge in [0.05, 0.1) is 6.61 Å². The molecular formula is C8H15NO5. The van der Waals surface area contributed by atoms with Crippen LogP contribution in [0.5, 0.6) is 0 Å². The summed E-state index contributed by atoms with van der Waals surface area (Å²) < 4.78 is 4.65. The Morgan fingerprint density at radius 2 is 2.21 bits per heavy atom. The van der Waals surface area contributed by atoms with Gasteiger partial charge in [0.25, 0.3) is 0 Å². The molecular weight excluding hydrogens is 190 g/mol. The number of carbonyl (C=O) groups is 1. The zero-order chi connectivity index (χ0) is 11.2. The van der Waals surface area contributed by atoms with Crippen LogP contribution in [0.4, 0.5) is 0 Å². The molecule has 1 atom stereocenters. The van der Waals surface area contributed by atoms with Gasteiger partial charge in [0.1, 0.15) is 0 Å². The van der Waals surface area contributed by atoms with Crippen LogP contribution in [0.3, 0.4) is 0 Å². The van der Waals surface area contributed by atoms with Crippen LogP contribution in [-0.2, 0) is 9.53 Å². The maximum absolute atomic E-state index is 11.1. The largest absolute Gasteiger partial charge is 0.463 e. The Labute approximate surface area is 82.0 Å². The molecule has 82 valence electrons. The Morgan fingerprint density at radius 3 is 2.64 bits per heavy atom. The van der Waals surface area contributed by atoms with Crippen molar-refractivity contribution in [3.8, 4) is 0 Å². The molecule has 0 saturated heterocycles. The Bertz CT molecular complexity index is 214. The lowest BCUT2D eigenvalue weighted by atomic mass is 10.1. The third-order valence-electron chi connectivity index (χ3n) is 1.61. The lowest BCUT2D eigenvalue weighted by Crippen LogP contribution is -2.43. The molecule has 0 heterocycles. The van der Waals surface area contributed by atoms with Crippen molar-refractivity contribution in [2.75, 3.05) is 13.2 Å². The smallest absolute Gasteiger partial charge is 0.344 e. The van der Waals surface area contributed by atoms with Gasteiger partial charge in [-0.15, -0.1) is 0 Å². The summed E-state index contributed by atoms with van der Waals surface area (Å²) in [7, 11) is 0. The van der Waals surface area contributed by atoms with Gasteiger partial charge in [-0.05, 0) is 13.3 Å². The number of nitro groups is 1. The summed E-state index contributed by atoms with van der Waals surface area (Å²) in [4.78, 5) is 20.4. The zero-order valence-corrected chi connectivity index (χ0v) is 8.36. The Morgan fingerprint density at radius 1 is 1.64 bits per heavy atom. The van der Waals surface area contributed by atoms with Crippen LogP contribution in [0.15, 0.2) is 0 Å². The summed E-state index contributed by atoms with van der Waals surface area (Å²) in [6.07, 6.45) is 1.53. The van der Waals surface area contributed by atoms with Crippen molar-refractivity contribution >= 4 is 5.97 Å². The van der Waals surface area contributed by atoms with E-state index in [-0.39, 0.29) is 6.61 Å². The fourth-order valence-corrected chi connectivity index (χ4v) is 0.781. The van der Waals surface area contributed by atoms with Crippen LogP contribution < -0.4 is 0 Å². The number of carbonyl (C=O) groups excluding carboxylic acids is 1. The number of hydrogen-bond acceptors (Lipinski definition) is 5. The standard InChI is InChI=1S/C8H15NO5/c1-3-4-5-14-7(10)8(2,11)6-9(12)13/h11H,3-6H2,1-2H3. The SMILES string of the molecule is CCCCOC(=O)C(C)(O)C[N+](=O)[O-]. The lowest BCUT2D eigenvalue weighted by molar-refractivity contribution is -0.496. The van der Waals surface area contributed by atoms with E-state index in [0.717, 1.165) is 13.3 Å². The van der Waals surface area contributed by atoms with Crippen molar-refractivity contribution in [3.05, 3.63) is 10.1 Å². The van der Waals surface area contributed by atoms with Crippen molar-refractivity contribution in [1.29, 1.82) is 0 Å². The topological polar surface area (TPSA) is 89.7 Å². The van der Waals surface area contributed by atoms with E-state index < -0.39 is 23.0 Å². The first kappa shape index (κ1) is 12.8. The highest BCUT2D eigenvalue weighted by Crippen LogP contribution is 2.06. The summed E-state index contributed by atoms with van der Waals surface area (Å²) in [6.45, 7) is 2.34. The Kier molecular flexibility index (Phi) is 5.07. The van der Waals surface area contributed by atoms with Gasteiger partial charge >= 0.3 is 5.97 Å². The maximum Gasteiger partial charge on any atom is 0.344 e. The summed E-state index contributed by atoms with van der Waals surface area (Å²) in [5, 5.41) is 19.4. The van der Waals surface area contributed by atoms with Gasteiger partial charge in [0.2, 0.25) is 12.1 Å². The van der Waals surface area contributed by atoms with Crippen LogP contribution in [0, 0.1) is 10.1 Å². The molecule has 1 unspecified atom stereocenters. The van der Waals surface area contributed by atoms with Crippen molar-refractivity contribution in [1.82, 2.24) is 0 Å². The lowest BCUT2D eigenvalue weighted by Gasteiger charge is -2.16. The average molecular weight is 205 g/mol. The van der Waals surface area contributed by atoms with E-state index in [1.54, 1.807) is 0 Å². The first-order valence-electron chi connectivity index (χ1n) is 4.41. The van der Waals surface area contributed by atoms with Gasteiger partial charge in [0, 0.05) is 4.92 Å². The van der Waals surface area contributed by atoms with Gasteiger partial charge in [0.15, 0.2) is 0 Å². The molecule has 0 rings (SSSR count). The summed E-state index contributed by atoms with van der Waals surface area (Å²) in [5.41, 5.74) is -2.03. The van der Waals surface area contributed by atoms with E-state index in [9.17, 15) is 20.0 Å². The molecule has 0 aliphatic carbocycles. The first-order valence-corrected chi connectivity index (χ1v) is 4.41. The minimum Gasteiger partial charge on any atom is -0.463 e. The molecule has 0 bridgehead atoms. The zero-order valence-electron chi connectivity index (χ0n) is 8.36. The normalized spacial score (nSPS) is 14.5. The van der Waals surface area contributed by atoms with Crippen molar-refractivity contribution < 1.29 is 19.6 Å². The van der Waals surface area contributed by atoms with E-state index in [1.165, 1.54) is 0 Å². The van der Waals surface area contributed by atoms with E-state index in [1.807, 2.05) is 6.92 Å². The molecule has 0 aliphatic rings. The van der Waals surface area contributed by atoms with Crippen molar-refractivity contribution in [3.63, 3.8) is 0 Å². The second-order valence-corrected chi connectivity index (χ2v) is 3.25. The van der Waals surface area contributed by atoms with Crippen LogP contribution in [0.1, 0.15) is 26.7 Å². The van der Waals surface area contributed by atoms with Crippen molar-refractivity contribution in [2.24, 2.45) is 0 Å². The van der Waals surface area contributed by atoms with E-state index in [0.29, 0.717) is 6.42 Å². The highest BCUT2D eigenvalue weighted by molar-refractivity contribution is 5.78. The van der Waals surface area contributed by atoms with Crippen molar-refractivity contribution in [2.45, 2.75) is 32.3 Å². The monoisotopic (exact) mass is 205 g/mol. The third kappa shape index (κ3) is 4.76. The number of aliphatic hydroxyl groups is 1. The van der Waals surface area contributed by atoms with Crippen LogP contribution >= 0.6 is 0 Å². The van der Waals surface area contributed by atoms with E-state index >= 15 is 0 Å². The minimum atomic E-state index is -2.03. The van der Waals surface area contributed by atoms with Crippen LogP contribution in [-0.4, -0.2) is 34.8 Å². The highest BCUT2D eigenvalue weighted by Gasteiger charge is 2.37.